The second-order valence-corrected chi connectivity index (χ2v) is 3.88. The Morgan fingerprint density at radius 2 is 2.20 bits per heavy atom. The van der Waals surface area contributed by atoms with E-state index in [0.29, 0.717) is 19.0 Å². The monoisotopic (exact) mass is 210 g/mol. The molecule has 1 heterocycles. The Hall–Kier alpha value is -1.05. The molecular weight excluding hydrogens is 192 g/mol. The summed E-state index contributed by atoms with van der Waals surface area (Å²) in [6.07, 6.45) is 6.98. The van der Waals surface area contributed by atoms with Crippen molar-refractivity contribution in [2.45, 2.75) is 12.8 Å². The van der Waals surface area contributed by atoms with Gasteiger partial charge < -0.3 is 10.4 Å². The Balaban J connectivity index is 2.18. The molecule has 4 heteroatoms. The van der Waals surface area contributed by atoms with Crippen LogP contribution in [0.3, 0.4) is 0 Å². The van der Waals surface area contributed by atoms with Crippen LogP contribution in [0.25, 0.3) is 0 Å². The van der Waals surface area contributed by atoms with Gasteiger partial charge in [0.25, 0.3) is 0 Å². The van der Waals surface area contributed by atoms with E-state index in [-0.39, 0.29) is 12.5 Å². The molecule has 1 saturated heterocycles. The van der Waals surface area contributed by atoms with E-state index < -0.39 is 0 Å². The van der Waals surface area contributed by atoms with Crippen LogP contribution in [0.5, 0.6) is 0 Å². The first-order valence-electron chi connectivity index (χ1n) is 5.29. The van der Waals surface area contributed by atoms with Crippen LogP contribution in [0.1, 0.15) is 12.8 Å². The lowest BCUT2D eigenvalue weighted by Gasteiger charge is -2.30. The van der Waals surface area contributed by atoms with Crippen molar-refractivity contribution in [3.63, 3.8) is 0 Å². The molecule has 1 amide bonds. The SMILES string of the molecule is C#CCNC(=O)CN1CCC(CO)CC1. The molecule has 15 heavy (non-hydrogen) atoms. The third kappa shape index (κ3) is 4.32. The summed E-state index contributed by atoms with van der Waals surface area (Å²) in [5, 5.41) is 11.6. The van der Waals surface area contributed by atoms with Crippen LogP contribution < -0.4 is 5.32 Å². The first-order valence-corrected chi connectivity index (χ1v) is 5.29. The highest BCUT2D eigenvalue weighted by atomic mass is 16.3. The highest BCUT2D eigenvalue weighted by Gasteiger charge is 2.19. The predicted octanol–water partition coefficient (Wildman–Crippen LogP) is -0.560. The van der Waals surface area contributed by atoms with Gasteiger partial charge in [-0.05, 0) is 31.8 Å². The number of amides is 1. The molecule has 0 unspecified atom stereocenters. The normalized spacial score (nSPS) is 18.4. The number of carbonyl (C=O) groups is 1. The molecule has 0 aromatic heterocycles. The molecule has 0 aromatic carbocycles. The summed E-state index contributed by atoms with van der Waals surface area (Å²) in [6.45, 7) is 2.74. The topological polar surface area (TPSA) is 52.6 Å². The number of aliphatic hydroxyl groups excluding tert-OH is 1. The van der Waals surface area contributed by atoms with Gasteiger partial charge in [-0.25, -0.2) is 0 Å². The Bertz CT molecular complexity index is 239. The lowest BCUT2D eigenvalue weighted by atomic mass is 9.98. The molecule has 0 spiro atoms. The molecule has 1 aliphatic rings. The van der Waals surface area contributed by atoms with Gasteiger partial charge in [-0.1, -0.05) is 5.92 Å². The summed E-state index contributed by atoms with van der Waals surface area (Å²) >= 11 is 0. The van der Waals surface area contributed by atoms with Gasteiger partial charge in [-0.3, -0.25) is 9.69 Å². The second-order valence-electron chi connectivity index (χ2n) is 3.88. The number of likely N-dealkylation sites (tertiary alicyclic amines) is 1. The fourth-order valence-electron chi connectivity index (χ4n) is 1.74. The Kier molecular flexibility index (Phi) is 5.16. The lowest BCUT2D eigenvalue weighted by Crippen LogP contribution is -2.42. The number of nitrogens with one attached hydrogen (secondary N) is 1. The number of hydrogen-bond donors (Lipinski definition) is 2. The van der Waals surface area contributed by atoms with Crippen LogP contribution >= 0.6 is 0 Å². The van der Waals surface area contributed by atoms with Crippen molar-refractivity contribution >= 4 is 5.91 Å². The van der Waals surface area contributed by atoms with E-state index in [1.54, 1.807) is 0 Å². The minimum absolute atomic E-state index is 0.0181. The van der Waals surface area contributed by atoms with Gasteiger partial charge in [0, 0.05) is 6.61 Å². The first-order chi connectivity index (χ1) is 7.26. The Morgan fingerprint density at radius 3 is 2.73 bits per heavy atom. The zero-order valence-corrected chi connectivity index (χ0v) is 8.91. The number of piperidine rings is 1. The highest BCUT2D eigenvalue weighted by Crippen LogP contribution is 2.15. The summed E-state index contributed by atoms with van der Waals surface area (Å²) in [5.74, 6) is 2.76. The van der Waals surface area contributed by atoms with Crippen LogP contribution in [0, 0.1) is 18.3 Å². The van der Waals surface area contributed by atoms with Crippen LogP contribution in [0.15, 0.2) is 0 Å². The zero-order chi connectivity index (χ0) is 11.1. The molecule has 0 radical (unpaired) electrons. The quantitative estimate of drug-likeness (QED) is 0.612. The summed E-state index contributed by atoms with van der Waals surface area (Å²) in [7, 11) is 0. The number of rotatable bonds is 4. The molecule has 1 aliphatic heterocycles. The van der Waals surface area contributed by atoms with Crippen LogP contribution in [0.2, 0.25) is 0 Å². The van der Waals surface area contributed by atoms with Crippen LogP contribution in [-0.2, 0) is 4.79 Å². The standard InChI is InChI=1S/C11H18N2O2/c1-2-5-12-11(15)8-13-6-3-10(9-14)4-7-13/h1,10,14H,3-9H2,(H,12,15). The van der Waals surface area contributed by atoms with Gasteiger partial charge >= 0.3 is 0 Å². The highest BCUT2D eigenvalue weighted by molar-refractivity contribution is 5.78. The van der Waals surface area contributed by atoms with Crippen molar-refractivity contribution in [1.82, 2.24) is 10.2 Å². The van der Waals surface area contributed by atoms with Crippen LogP contribution in [-0.4, -0.2) is 48.7 Å². The molecule has 0 atom stereocenters. The number of carbonyl (C=O) groups excluding carboxylic acids is 1. The van der Waals surface area contributed by atoms with Crippen molar-refractivity contribution < 1.29 is 9.90 Å². The molecule has 0 aliphatic carbocycles. The predicted molar refractivity (Wildman–Crippen MR) is 58.1 cm³/mol. The molecule has 0 saturated carbocycles. The third-order valence-corrected chi connectivity index (χ3v) is 2.72. The summed E-state index contributed by atoms with van der Waals surface area (Å²) < 4.78 is 0. The van der Waals surface area contributed by atoms with Gasteiger partial charge in [-0.15, -0.1) is 6.42 Å². The average molecular weight is 210 g/mol. The fraction of sp³-hybridized carbons (Fsp3) is 0.727. The smallest absolute Gasteiger partial charge is 0.234 e. The van der Waals surface area contributed by atoms with Crippen molar-refractivity contribution in [2.75, 3.05) is 32.8 Å². The van der Waals surface area contributed by atoms with Crippen molar-refractivity contribution in [2.24, 2.45) is 5.92 Å². The number of aliphatic hydroxyl groups is 1. The van der Waals surface area contributed by atoms with E-state index in [2.05, 4.69) is 16.1 Å². The van der Waals surface area contributed by atoms with Crippen LogP contribution in [0.4, 0.5) is 0 Å². The Morgan fingerprint density at radius 1 is 1.53 bits per heavy atom. The van der Waals surface area contributed by atoms with Gasteiger partial charge in [-0.2, -0.15) is 0 Å². The maximum atomic E-state index is 11.3. The fourth-order valence-corrected chi connectivity index (χ4v) is 1.74. The van der Waals surface area contributed by atoms with E-state index in [1.807, 2.05) is 0 Å². The number of hydrogen-bond acceptors (Lipinski definition) is 3. The molecule has 0 aromatic rings. The van der Waals surface area contributed by atoms with Crippen molar-refractivity contribution in [3.05, 3.63) is 0 Å². The summed E-state index contributed by atoms with van der Waals surface area (Å²) in [4.78, 5) is 13.4. The van der Waals surface area contributed by atoms with E-state index in [0.717, 1.165) is 25.9 Å². The van der Waals surface area contributed by atoms with Crippen molar-refractivity contribution in [3.8, 4) is 12.3 Å². The van der Waals surface area contributed by atoms with Gasteiger partial charge in [0.2, 0.25) is 5.91 Å². The van der Waals surface area contributed by atoms with E-state index >= 15 is 0 Å². The molecule has 2 N–H and O–H groups in total. The molecule has 1 fully saturated rings. The minimum atomic E-state index is -0.0181. The van der Waals surface area contributed by atoms with Gasteiger partial charge in [0.05, 0.1) is 13.1 Å². The van der Waals surface area contributed by atoms with E-state index in [1.165, 1.54) is 0 Å². The maximum Gasteiger partial charge on any atom is 0.234 e. The van der Waals surface area contributed by atoms with Gasteiger partial charge in [0.15, 0.2) is 0 Å². The van der Waals surface area contributed by atoms with Crippen molar-refractivity contribution in [1.29, 1.82) is 0 Å². The second kappa shape index (κ2) is 6.44. The number of terminal acetylenes is 1. The Labute approximate surface area is 90.6 Å². The minimum Gasteiger partial charge on any atom is -0.396 e. The largest absolute Gasteiger partial charge is 0.396 e. The maximum absolute atomic E-state index is 11.3. The lowest BCUT2D eigenvalue weighted by molar-refractivity contribution is -0.122. The average Bonchev–Trinajstić information content (AvgIpc) is 2.27. The summed E-state index contributed by atoms with van der Waals surface area (Å²) in [6, 6.07) is 0. The first kappa shape index (κ1) is 12.0. The number of nitrogens with zero attached hydrogens (tertiary/aromatic N) is 1. The third-order valence-electron chi connectivity index (χ3n) is 2.72. The molecule has 0 bridgehead atoms. The zero-order valence-electron chi connectivity index (χ0n) is 8.91. The molecule has 84 valence electrons. The van der Waals surface area contributed by atoms with Gasteiger partial charge in [0.1, 0.15) is 0 Å². The molecule has 4 nitrogen and oxygen atoms in total. The van der Waals surface area contributed by atoms with E-state index in [9.17, 15) is 4.79 Å². The molecule has 1 rings (SSSR count). The van der Waals surface area contributed by atoms with E-state index in [4.69, 9.17) is 11.5 Å². The molecular formula is C11H18N2O2. The summed E-state index contributed by atoms with van der Waals surface area (Å²) in [5.41, 5.74) is 0.